The van der Waals surface area contributed by atoms with Crippen LogP contribution in [-0.2, 0) is 4.79 Å². The van der Waals surface area contributed by atoms with E-state index in [4.69, 9.17) is 11.6 Å². The first-order valence-corrected chi connectivity index (χ1v) is 11.1. The number of aromatic amines is 1. The second-order valence-electron chi connectivity index (χ2n) is 7.45. The van der Waals surface area contributed by atoms with Gasteiger partial charge in [0.05, 0.1) is 10.8 Å². The SMILES string of the molecule is C=CCC1C(=O)NC(Sc2c(-c3ccc(Cl)cc3)c3cc(F)ccc3[nH]c2=O)NC1C. The number of allylic oxidation sites excluding steroid dienone is 1. The van der Waals surface area contributed by atoms with E-state index >= 15 is 0 Å². The Hall–Kier alpha value is -2.61. The largest absolute Gasteiger partial charge is 0.331 e. The fraction of sp³-hybridized carbons (Fsp3) is 0.217. The summed E-state index contributed by atoms with van der Waals surface area (Å²) in [5.74, 6) is -0.732. The molecule has 4 rings (SSSR count). The summed E-state index contributed by atoms with van der Waals surface area (Å²) in [6.45, 7) is 5.64. The zero-order valence-corrected chi connectivity index (χ0v) is 18.3. The summed E-state index contributed by atoms with van der Waals surface area (Å²) in [5.41, 5.74) is 1.03. The third-order valence-corrected chi connectivity index (χ3v) is 6.72. The number of carbonyl (C=O) groups is 1. The molecule has 2 aromatic carbocycles. The number of amides is 1. The zero-order valence-electron chi connectivity index (χ0n) is 16.7. The number of halogens is 2. The summed E-state index contributed by atoms with van der Waals surface area (Å²) in [6, 6.07) is 11.2. The molecule has 0 bridgehead atoms. The van der Waals surface area contributed by atoms with Crippen LogP contribution in [-0.4, -0.2) is 22.4 Å². The summed E-state index contributed by atoms with van der Waals surface area (Å²) in [5, 5.41) is 7.39. The molecule has 3 N–H and O–H groups in total. The fourth-order valence-corrected chi connectivity index (χ4v) is 5.12. The molecule has 3 atom stereocenters. The van der Waals surface area contributed by atoms with Crippen LogP contribution in [0.1, 0.15) is 13.3 Å². The van der Waals surface area contributed by atoms with Crippen LogP contribution in [0.15, 0.2) is 64.8 Å². The molecule has 0 radical (unpaired) electrons. The Labute approximate surface area is 188 Å². The Morgan fingerprint density at radius 3 is 2.61 bits per heavy atom. The second kappa shape index (κ2) is 8.86. The van der Waals surface area contributed by atoms with Crippen LogP contribution in [0.4, 0.5) is 4.39 Å². The van der Waals surface area contributed by atoms with Crippen molar-refractivity contribution < 1.29 is 9.18 Å². The number of hydrogen-bond acceptors (Lipinski definition) is 4. The average Bonchev–Trinajstić information content (AvgIpc) is 2.73. The standard InChI is InChI=1S/C23H21ClFN3O2S/c1-3-4-16-12(2)26-23(28-21(16)29)31-20-19(13-5-7-14(24)8-6-13)17-11-15(25)9-10-18(17)27-22(20)30/h3,5-12,16,23,26H,1,4H2,2H3,(H,27,30)(H,28,29). The molecule has 0 spiro atoms. The van der Waals surface area contributed by atoms with E-state index in [1.807, 2.05) is 6.92 Å². The highest BCUT2D eigenvalue weighted by molar-refractivity contribution is 8.00. The van der Waals surface area contributed by atoms with Gasteiger partial charge in [-0.3, -0.25) is 14.9 Å². The maximum absolute atomic E-state index is 14.1. The van der Waals surface area contributed by atoms with Crippen molar-refractivity contribution in [2.45, 2.75) is 29.8 Å². The Kier molecular flexibility index (Phi) is 6.18. The lowest BCUT2D eigenvalue weighted by atomic mass is 9.95. The first-order valence-electron chi connectivity index (χ1n) is 9.83. The van der Waals surface area contributed by atoms with Gasteiger partial charge in [-0.2, -0.15) is 0 Å². The molecule has 1 saturated heterocycles. The number of H-pyrrole nitrogens is 1. The van der Waals surface area contributed by atoms with Gasteiger partial charge in [0.25, 0.3) is 5.56 Å². The van der Waals surface area contributed by atoms with Crippen LogP contribution in [0, 0.1) is 11.7 Å². The number of hydrogen-bond donors (Lipinski definition) is 3. The van der Waals surface area contributed by atoms with E-state index < -0.39 is 11.3 Å². The molecule has 31 heavy (non-hydrogen) atoms. The van der Waals surface area contributed by atoms with E-state index in [1.54, 1.807) is 36.4 Å². The Morgan fingerprint density at radius 2 is 1.94 bits per heavy atom. The molecule has 3 aromatic rings. The minimum atomic E-state index is -0.512. The van der Waals surface area contributed by atoms with Crippen molar-refractivity contribution in [3.63, 3.8) is 0 Å². The quantitative estimate of drug-likeness (QED) is 0.487. The highest BCUT2D eigenvalue weighted by atomic mass is 35.5. The molecule has 5 nitrogen and oxygen atoms in total. The molecular formula is C23H21ClFN3O2S. The number of benzene rings is 2. The van der Waals surface area contributed by atoms with E-state index in [2.05, 4.69) is 22.2 Å². The van der Waals surface area contributed by atoms with Crippen molar-refractivity contribution in [3.8, 4) is 11.1 Å². The predicted molar refractivity (Wildman–Crippen MR) is 124 cm³/mol. The fourth-order valence-electron chi connectivity index (χ4n) is 3.79. The van der Waals surface area contributed by atoms with Crippen molar-refractivity contribution in [2.24, 2.45) is 5.92 Å². The highest BCUT2D eigenvalue weighted by Crippen LogP contribution is 2.37. The molecular weight excluding hydrogens is 437 g/mol. The van der Waals surface area contributed by atoms with Gasteiger partial charge in [-0.05, 0) is 49.2 Å². The van der Waals surface area contributed by atoms with E-state index in [1.165, 1.54) is 23.9 Å². The van der Waals surface area contributed by atoms with Gasteiger partial charge in [0.2, 0.25) is 5.91 Å². The number of rotatable bonds is 5. The van der Waals surface area contributed by atoms with Gasteiger partial charge in [0.15, 0.2) is 0 Å². The smallest absolute Gasteiger partial charge is 0.262 e. The van der Waals surface area contributed by atoms with Crippen molar-refractivity contribution in [1.29, 1.82) is 0 Å². The molecule has 8 heteroatoms. The third kappa shape index (κ3) is 4.39. The summed E-state index contributed by atoms with van der Waals surface area (Å²) >= 11 is 7.24. The van der Waals surface area contributed by atoms with Crippen molar-refractivity contribution >= 4 is 40.2 Å². The van der Waals surface area contributed by atoms with Crippen LogP contribution in [0.3, 0.4) is 0 Å². The lowest BCUT2D eigenvalue weighted by Crippen LogP contribution is -2.59. The predicted octanol–water partition coefficient (Wildman–Crippen LogP) is 4.66. The van der Waals surface area contributed by atoms with Crippen LogP contribution in [0.25, 0.3) is 22.0 Å². The van der Waals surface area contributed by atoms with E-state index in [0.29, 0.717) is 32.8 Å². The average molecular weight is 458 g/mol. The number of thioether (sulfide) groups is 1. The van der Waals surface area contributed by atoms with Gasteiger partial charge in [-0.1, -0.05) is 41.6 Å². The molecule has 3 unspecified atom stereocenters. The minimum absolute atomic E-state index is 0.0970. The van der Waals surface area contributed by atoms with Crippen LogP contribution >= 0.6 is 23.4 Å². The van der Waals surface area contributed by atoms with Gasteiger partial charge < -0.3 is 10.3 Å². The molecule has 0 aliphatic carbocycles. The summed E-state index contributed by atoms with van der Waals surface area (Å²) in [7, 11) is 0. The summed E-state index contributed by atoms with van der Waals surface area (Å²) in [6.07, 6.45) is 2.28. The Morgan fingerprint density at radius 1 is 1.19 bits per heavy atom. The van der Waals surface area contributed by atoms with Crippen LogP contribution < -0.4 is 16.2 Å². The number of nitrogens with one attached hydrogen (secondary N) is 3. The molecule has 2 heterocycles. The Bertz CT molecular complexity index is 1210. The molecule has 1 aliphatic heterocycles. The van der Waals surface area contributed by atoms with Gasteiger partial charge in [0, 0.05) is 27.5 Å². The maximum atomic E-state index is 14.1. The molecule has 1 fully saturated rings. The monoisotopic (exact) mass is 457 g/mol. The molecule has 160 valence electrons. The second-order valence-corrected chi connectivity index (χ2v) is 9.00. The summed E-state index contributed by atoms with van der Waals surface area (Å²) < 4.78 is 14.1. The highest BCUT2D eigenvalue weighted by Gasteiger charge is 2.33. The zero-order chi connectivity index (χ0) is 22.1. The third-order valence-electron chi connectivity index (χ3n) is 5.35. The number of aromatic nitrogens is 1. The van der Waals surface area contributed by atoms with E-state index in [9.17, 15) is 14.0 Å². The van der Waals surface area contributed by atoms with Gasteiger partial charge in [-0.25, -0.2) is 4.39 Å². The van der Waals surface area contributed by atoms with Crippen molar-refractivity contribution in [1.82, 2.24) is 15.6 Å². The first-order chi connectivity index (χ1) is 14.9. The molecule has 1 amide bonds. The topological polar surface area (TPSA) is 74.0 Å². The molecule has 1 aromatic heterocycles. The molecule has 0 saturated carbocycles. The first kappa shape index (κ1) is 21.6. The van der Waals surface area contributed by atoms with Crippen molar-refractivity contribution in [3.05, 3.63) is 76.3 Å². The lowest BCUT2D eigenvalue weighted by molar-refractivity contribution is -0.128. The minimum Gasteiger partial charge on any atom is -0.331 e. The van der Waals surface area contributed by atoms with Gasteiger partial charge in [0.1, 0.15) is 11.3 Å². The van der Waals surface area contributed by atoms with Gasteiger partial charge >= 0.3 is 0 Å². The number of fused-ring (bicyclic) bond motifs is 1. The van der Waals surface area contributed by atoms with E-state index in [-0.39, 0.29) is 23.4 Å². The maximum Gasteiger partial charge on any atom is 0.262 e. The lowest BCUT2D eigenvalue weighted by Gasteiger charge is -2.35. The van der Waals surface area contributed by atoms with Crippen LogP contribution in [0.5, 0.6) is 0 Å². The van der Waals surface area contributed by atoms with E-state index in [0.717, 1.165) is 5.56 Å². The number of pyridine rings is 1. The van der Waals surface area contributed by atoms with Crippen LogP contribution in [0.2, 0.25) is 5.02 Å². The Balaban J connectivity index is 1.80. The normalized spacial score (nSPS) is 21.1. The van der Waals surface area contributed by atoms with Gasteiger partial charge in [-0.15, -0.1) is 6.58 Å². The summed E-state index contributed by atoms with van der Waals surface area (Å²) in [4.78, 5) is 28.8. The molecule has 1 aliphatic rings. The van der Waals surface area contributed by atoms with Crippen molar-refractivity contribution in [2.75, 3.05) is 0 Å². The number of carbonyl (C=O) groups excluding carboxylic acids is 1.